The van der Waals surface area contributed by atoms with Crippen molar-refractivity contribution in [2.45, 2.75) is 26.8 Å². The van der Waals surface area contributed by atoms with Crippen LogP contribution in [0.4, 0.5) is 0 Å². The van der Waals surface area contributed by atoms with Gasteiger partial charge in [-0.1, -0.05) is 25.7 Å². The molecule has 1 atom stereocenters. The number of carbonyl (C=O) groups is 1. The number of aliphatic hydroxyl groups is 1. The summed E-state index contributed by atoms with van der Waals surface area (Å²) in [6.07, 6.45) is 1.52. The third kappa shape index (κ3) is 5.94. The average Bonchev–Trinajstić information content (AvgIpc) is 2.49. The van der Waals surface area contributed by atoms with Gasteiger partial charge in [-0.2, -0.15) is 0 Å². The van der Waals surface area contributed by atoms with Crippen molar-refractivity contribution in [2.75, 3.05) is 19.8 Å². The second-order valence-corrected chi connectivity index (χ2v) is 4.88. The molecule has 2 N–H and O–H groups in total. The molecule has 0 radical (unpaired) electrons. The summed E-state index contributed by atoms with van der Waals surface area (Å²) in [5.74, 6) is 5.31. The predicted octanol–water partition coefficient (Wildman–Crippen LogP) is 1.22. The van der Waals surface area contributed by atoms with Gasteiger partial charge in [0.1, 0.15) is 12.3 Å². The van der Waals surface area contributed by atoms with Crippen molar-refractivity contribution in [3.63, 3.8) is 0 Å². The van der Waals surface area contributed by atoms with Crippen molar-refractivity contribution < 1.29 is 14.6 Å². The lowest BCUT2D eigenvalue weighted by Gasteiger charge is -2.21. The maximum atomic E-state index is 12.1. The van der Waals surface area contributed by atoms with E-state index in [1.165, 1.54) is 6.20 Å². The van der Waals surface area contributed by atoms with E-state index in [4.69, 9.17) is 9.84 Å². The predicted molar refractivity (Wildman–Crippen MR) is 80.8 cm³/mol. The van der Waals surface area contributed by atoms with Gasteiger partial charge in [0.05, 0.1) is 12.6 Å². The van der Waals surface area contributed by atoms with E-state index < -0.39 is 0 Å². The molecule has 0 bridgehead atoms. The second kappa shape index (κ2) is 9.11. The molecule has 0 aliphatic rings. The lowest BCUT2D eigenvalue weighted by molar-refractivity contribution is 0.0802. The van der Waals surface area contributed by atoms with Crippen molar-refractivity contribution in [1.82, 2.24) is 10.3 Å². The number of ether oxygens (including phenoxy) is 1. The van der Waals surface area contributed by atoms with E-state index in [2.05, 4.69) is 22.1 Å². The van der Waals surface area contributed by atoms with E-state index in [9.17, 15) is 4.79 Å². The van der Waals surface area contributed by atoms with Crippen molar-refractivity contribution >= 4 is 5.91 Å². The monoisotopic (exact) mass is 290 g/mol. The number of nitrogens with zero attached hydrogens (tertiary/aromatic N) is 1. The number of aromatic nitrogens is 1. The van der Waals surface area contributed by atoms with Crippen molar-refractivity contribution in [1.29, 1.82) is 0 Å². The van der Waals surface area contributed by atoms with Crippen LogP contribution in [0.15, 0.2) is 18.3 Å². The first-order valence-corrected chi connectivity index (χ1v) is 7.02. The minimum atomic E-state index is -0.227. The molecule has 0 aliphatic carbocycles. The normalized spacial score (nSPS) is 11.7. The molecule has 0 aliphatic heterocycles. The van der Waals surface area contributed by atoms with Gasteiger partial charge in [-0.05, 0) is 25.0 Å². The molecule has 0 spiro atoms. The summed E-state index contributed by atoms with van der Waals surface area (Å²) in [4.78, 5) is 16.2. The van der Waals surface area contributed by atoms with Crippen molar-refractivity contribution in [2.24, 2.45) is 5.92 Å². The van der Waals surface area contributed by atoms with Crippen molar-refractivity contribution in [3.8, 4) is 11.8 Å². The van der Waals surface area contributed by atoms with Crippen LogP contribution in [-0.4, -0.2) is 41.9 Å². The number of nitrogens with one attached hydrogen (secondary N) is 1. The van der Waals surface area contributed by atoms with Gasteiger partial charge in [0.25, 0.3) is 5.91 Å². The third-order valence-corrected chi connectivity index (χ3v) is 2.93. The molecule has 1 amide bonds. The molecule has 5 heteroatoms. The smallest absolute Gasteiger partial charge is 0.270 e. The fraction of sp³-hybridized carbons (Fsp3) is 0.500. The minimum Gasteiger partial charge on any atom is -0.384 e. The highest BCUT2D eigenvalue weighted by molar-refractivity contribution is 5.92. The first-order chi connectivity index (χ1) is 10.1. The number of aliphatic hydroxyl groups excluding tert-OH is 1. The third-order valence-electron chi connectivity index (χ3n) is 2.93. The van der Waals surface area contributed by atoms with Gasteiger partial charge in [-0.15, -0.1) is 0 Å². The average molecular weight is 290 g/mol. The van der Waals surface area contributed by atoms with Crippen LogP contribution >= 0.6 is 0 Å². The lowest BCUT2D eigenvalue weighted by atomic mass is 10.1. The van der Waals surface area contributed by atoms with Gasteiger partial charge in [-0.25, -0.2) is 4.98 Å². The summed E-state index contributed by atoms with van der Waals surface area (Å²) in [6, 6.07) is 3.28. The van der Waals surface area contributed by atoms with Crippen LogP contribution in [-0.2, 0) is 4.74 Å². The Balaban J connectivity index is 2.69. The van der Waals surface area contributed by atoms with E-state index in [-0.39, 0.29) is 24.5 Å². The molecule has 1 aromatic rings. The first kappa shape index (κ1) is 17.2. The molecule has 0 saturated carbocycles. The molecule has 1 heterocycles. The highest BCUT2D eigenvalue weighted by atomic mass is 16.5. The zero-order valence-electron chi connectivity index (χ0n) is 12.7. The Labute approximate surface area is 125 Å². The highest BCUT2D eigenvalue weighted by Crippen LogP contribution is 2.05. The quantitative estimate of drug-likeness (QED) is 0.773. The molecule has 5 nitrogen and oxygen atoms in total. The Morgan fingerprint density at radius 3 is 2.76 bits per heavy atom. The Morgan fingerprint density at radius 2 is 2.24 bits per heavy atom. The molecule has 1 aromatic heterocycles. The summed E-state index contributed by atoms with van der Waals surface area (Å²) in [5.41, 5.74) is 1.00. The van der Waals surface area contributed by atoms with Crippen LogP contribution in [0.2, 0.25) is 0 Å². The zero-order valence-corrected chi connectivity index (χ0v) is 12.7. The molecule has 1 rings (SSSR count). The van der Waals surface area contributed by atoms with E-state index in [1.54, 1.807) is 12.1 Å². The molecule has 114 valence electrons. The number of carbonyl (C=O) groups excluding carboxylic acids is 1. The van der Waals surface area contributed by atoms with Gasteiger partial charge < -0.3 is 15.2 Å². The van der Waals surface area contributed by atoms with Crippen molar-refractivity contribution in [3.05, 3.63) is 29.6 Å². The highest BCUT2D eigenvalue weighted by Gasteiger charge is 2.17. The summed E-state index contributed by atoms with van der Waals surface area (Å²) >= 11 is 0. The first-order valence-electron chi connectivity index (χ1n) is 7.02. The van der Waals surface area contributed by atoms with E-state index in [0.29, 0.717) is 24.5 Å². The molecule has 0 saturated heterocycles. The summed E-state index contributed by atoms with van der Waals surface area (Å²) in [6.45, 7) is 6.90. The summed E-state index contributed by atoms with van der Waals surface area (Å²) in [7, 11) is 0. The molecular formula is C16H22N2O3. The van der Waals surface area contributed by atoms with Crippen LogP contribution in [0.5, 0.6) is 0 Å². The molecular weight excluding hydrogens is 268 g/mol. The van der Waals surface area contributed by atoms with Gasteiger partial charge >= 0.3 is 0 Å². The van der Waals surface area contributed by atoms with E-state index in [1.807, 2.05) is 20.8 Å². The number of hydrogen-bond acceptors (Lipinski definition) is 4. The number of hydrogen-bond donors (Lipinski definition) is 2. The molecule has 0 aromatic carbocycles. The van der Waals surface area contributed by atoms with Crippen LogP contribution in [0.1, 0.15) is 36.8 Å². The fourth-order valence-electron chi connectivity index (χ4n) is 1.63. The lowest BCUT2D eigenvalue weighted by Crippen LogP contribution is -2.42. The SMILES string of the molecule is CCOCC(NC(=O)c1ccc(C#CCO)cn1)C(C)C. The van der Waals surface area contributed by atoms with Crippen LogP contribution < -0.4 is 5.32 Å². The second-order valence-electron chi connectivity index (χ2n) is 4.88. The van der Waals surface area contributed by atoms with Crippen LogP contribution in [0.3, 0.4) is 0 Å². The van der Waals surface area contributed by atoms with E-state index in [0.717, 1.165) is 0 Å². The van der Waals surface area contributed by atoms with Crippen LogP contribution in [0.25, 0.3) is 0 Å². The van der Waals surface area contributed by atoms with E-state index >= 15 is 0 Å². The topological polar surface area (TPSA) is 71.5 Å². The maximum absolute atomic E-state index is 12.1. The Hall–Kier alpha value is -1.90. The van der Waals surface area contributed by atoms with Gasteiger partial charge in [0.2, 0.25) is 0 Å². The fourth-order valence-corrected chi connectivity index (χ4v) is 1.63. The van der Waals surface area contributed by atoms with Gasteiger partial charge in [0, 0.05) is 18.4 Å². The Bertz CT molecular complexity index is 500. The minimum absolute atomic E-state index is 0.0480. The number of rotatable bonds is 6. The van der Waals surface area contributed by atoms with Crippen LogP contribution in [0, 0.1) is 17.8 Å². The molecule has 0 fully saturated rings. The number of amides is 1. The Kier molecular flexibility index (Phi) is 7.44. The largest absolute Gasteiger partial charge is 0.384 e. The molecule has 1 unspecified atom stereocenters. The standard InChI is InChI=1S/C16H22N2O3/c1-4-21-11-15(12(2)3)18-16(20)14-8-7-13(10-17-14)6-5-9-19/h7-8,10,12,15,19H,4,9,11H2,1-3H3,(H,18,20). The van der Waals surface area contributed by atoms with Gasteiger partial charge in [-0.3, -0.25) is 4.79 Å². The summed E-state index contributed by atoms with van der Waals surface area (Å²) < 4.78 is 5.38. The number of pyridine rings is 1. The summed E-state index contributed by atoms with van der Waals surface area (Å²) in [5, 5.41) is 11.6. The zero-order chi connectivity index (χ0) is 15.7. The molecule has 21 heavy (non-hydrogen) atoms. The Morgan fingerprint density at radius 1 is 1.48 bits per heavy atom. The van der Waals surface area contributed by atoms with Gasteiger partial charge in [0.15, 0.2) is 0 Å². The maximum Gasteiger partial charge on any atom is 0.270 e.